The lowest BCUT2D eigenvalue weighted by atomic mass is 10.0. The summed E-state index contributed by atoms with van der Waals surface area (Å²) in [6, 6.07) is 15.5. The number of rotatable bonds is 5. The molecular formula is C16H12F2O2. The van der Waals surface area contributed by atoms with Gasteiger partial charge in [-0.2, -0.15) is 8.78 Å². The minimum Gasteiger partial charge on any atom is -0.459 e. The van der Waals surface area contributed by atoms with Gasteiger partial charge in [0, 0.05) is 12.0 Å². The summed E-state index contributed by atoms with van der Waals surface area (Å²) in [6.07, 6.45) is -1.24. The first-order chi connectivity index (χ1) is 9.65. The molecule has 0 fully saturated rings. The highest BCUT2D eigenvalue weighted by Gasteiger charge is 2.07. The van der Waals surface area contributed by atoms with Crippen LogP contribution in [0.1, 0.15) is 15.9 Å². The van der Waals surface area contributed by atoms with Gasteiger partial charge >= 0.3 is 6.08 Å². The Morgan fingerprint density at radius 3 is 2.25 bits per heavy atom. The summed E-state index contributed by atoms with van der Waals surface area (Å²) in [7, 11) is 0. The fraction of sp³-hybridized carbons (Fsp3) is 0.0625. The zero-order valence-corrected chi connectivity index (χ0v) is 10.6. The third kappa shape index (κ3) is 4.02. The van der Waals surface area contributed by atoms with Crippen molar-refractivity contribution in [2.24, 2.45) is 0 Å². The molecule has 0 aliphatic carbocycles. The quantitative estimate of drug-likeness (QED) is 0.602. The molecule has 2 rings (SSSR count). The average Bonchev–Trinajstić information content (AvgIpc) is 2.46. The standard InChI is InChI=1S/C16H12F2O2/c17-16(18)11-20-14-8-6-13(7-9-14)15(19)10-12-4-2-1-3-5-12/h1-9,11H,10H2. The predicted molar refractivity (Wildman–Crippen MR) is 71.8 cm³/mol. The molecule has 0 saturated heterocycles. The second-order valence-electron chi connectivity index (χ2n) is 4.14. The summed E-state index contributed by atoms with van der Waals surface area (Å²) in [5.41, 5.74) is 1.45. The molecule has 0 bridgehead atoms. The van der Waals surface area contributed by atoms with Gasteiger partial charge in [-0.25, -0.2) is 0 Å². The van der Waals surface area contributed by atoms with Crippen LogP contribution in [-0.2, 0) is 6.42 Å². The maximum atomic E-state index is 12.0. The highest BCUT2D eigenvalue weighted by molar-refractivity contribution is 5.97. The normalized spacial score (nSPS) is 9.90. The van der Waals surface area contributed by atoms with Crippen LogP contribution in [0.3, 0.4) is 0 Å². The second-order valence-corrected chi connectivity index (χ2v) is 4.14. The van der Waals surface area contributed by atoms with E-state index in [1.165, 1.54) is 12.1 Å². The number of carbonyl (C=O) groups excluding carboxylic acids is 1. The van der Waals surface area contributed by atoms with E-state index in [4.69, 9.17) is 4.74 Å². The Morgan fingerprint density at radius 1 is 1.00 bits per heavy atom. The Labute approximate surface area is 115 Å². The van der Waals surface area contributed by atoms with Crippen LogP contribution in [0.4, 0.5) is 8.78 Å². The van der Waals surface area contributed by atoms with Gasteiger partial charge in [-0.15, -0.1) is 0 Å². The number of carbonyl (C=O) groups is 1. The molecule has 0 N–H and O–H groups in total. The monoisotopic (exact) mass is 274 g/mol. The molecule has 0 atom stereocenters. The Kier molecular flexibility index (Phi) is 4.60. The minimum atomic E-state index is -1.91. The van der Waals surface area contributed by atoms with Crippen LogP contribution in [0.2, 0.25) is 0 Å². The van der Waals surface area contributed by atoms with Gasteiger partial charge in [-0.3, -0.25) is 4.79 Å². The first kappa shape index (κ1) is 13.9. The number of ether oxygens (including phenoxy) is 1. The Bertz CT molecular complexity index is 600. The first-order valence-electron chi connectivity index (χ1n) is 6.00. The smallest absolute Gasteiger partial charge is 0.305 e. The lowest BCUT2D eigenvalue weighted by molar-refractivity contribution is 0.0993. The van der Waals surface area contributed by atoms with Crippen LogP contribution < -0.4 is 4.74 Å². The van der Waals surface area contributed by atoms with Gasteiger partial charge in [-0.05, 0) is 29.8 Å². The molecule has 20 heavy (non-hydrogen) atoms. The van der Waals surface area contributed by atoms with Crippen LogP contribution in [0, 0.1) is 0 Å². The average molecular weight is 274 g/mol. The molecule has 2 nitrogen and oxygen atoms in total. The van der Waals surface area contributed by atoms with E-state index in [2.05, 4.69) is 0 Å². The van der Waals surface area contributed by atoms with E-state index in [9.17, 15) is 13.6 Å². The van der Waals surface area contributed by atoms with Crippen molar-refractivity contribution in [3.05, 3.63) is 78.1 Å². The lowest BCUT2D eigenvalue weighted by Gasteiger charge is -2.03. The van der Waals surface area contributed by atoms with Crippen molar-refractivity contribution in [1.82, 2.24) is 0 Å². The summed E-state index contributed by atoms with van der Waals surface area (Å²) < 4.78 is 28.4. The highest BCUT2D eigenvalue weighted by Crippen LogP contribution is 2.15. The molecule has 0 unspecified atom stereocenters. The molecule has 102 valence electrons. The van der Waals surface area contributed by atoms with Crippen LogP contribution in [0.25, 0.3) is 0 Å². The molecule has 0 aliphatic heterocycles. The van der Waals surface area contributed by atoms with Gasteiger partial charge in [0.2, 0.25) is 0 Å². The van der Waals surface area contributed by atoms with Crippen molar-refractivity contribution < 1.29 is 18.3 Å². The predicted octanol–water partition coefficient (Wildman–Crippen LogP) is 4.23. The van der Waals surface area contributed by atoms with Crippen molar-refractivity contribution in [2.75, 3.05) is 0 Å². The van der Waals surface area contributed by atoms with Crippen LogP contribution in [0.15, 0.2) is 66.9 Å². The van der Waals surface area contributed by atoms with Gasteiger partial charge in [0.05, 0.1) is 0 Å². The van der Waals surface area contributed by atoms with Gasteiger partial charge < -0.3 is 4.74 Å². The SMILES string of the molecule is O=C(Cc1ccccc1)c1ccc(OC=C(F)F)cc1. The molecule has 0 saturated carbocycles. The zero-order valence-electron chi connectivity index (χ0n) is 10.6. The fourth-order valence-corrected chi connectivity index (χ4v) is 1.72. The Hall–Kier alpha value is -2.49. The van der Waals surface area contributed by atoms with Crippen molar-refractivity contribution in [3.63, 3.8) is 0 Å². The van der Waals surface area contributed by atoms with Crippen molar-refractivity contribution in [2.45, 2.75) is 6.42 Å². The van der Waals surface area contributed by atoms with Gasteiger partial charge in [0.25, 0.3) is 0 Å². The third-order valence-electron chi connectivity index (χ3n) is 2.67. The topological polar surface area (TPSA) is 26.3 Å². The second kappa shape index (κ2) is 6.61. The maximum absolute atomic E-state index is 12.0. The van der Waals surface area contributed by atoms with Gasteiger partial charge in [0.15, 0.2) is 12.0 Å². The molecular weight excluding hydrogens is 262 g/mol. The van der Waals surface area contributed by atoms with Crippen molar-refractivity contribution in [1.29, 1.82) is 0 Å². The summed E-state index contributed by atoms with van der Waals surface area (Å²) in [4.78, 5) is 12.0. The number of hydrogen-bond acceptors (Lipinski definition) is 2. The number of benzene rings is 2. The summed E-state index contributed by atoms with van der Waals surface area (Å²) in [5.74, 6) is 0.226. The number of Topliss-reactive ketones (excluding diaryl/α,β-unsaturated/α-hetero) is 1. The van der Waals surface area contributed by atoms with E-state index in [0.29, 0.717) is 18.2 Å². The molecule has 0 amide bonds. The minimum absolute atomic E-state index is 0.0324. The Morgan fingerprint density at radius 2 is 1.65 bits per heavy atom. The summed E-state index contributed by atoms with van der Waals surface area (Å²) >= 11 is 0. The van der Waals surface area contributed by atoms with E-state index in [-0.39, 0.29) is 11.5 Å². The van der Waals surface area contributed by atoms with E-state index >= 15 is 0 Å². The maximum Gasteiger partial charge on any atom is 0.305 e. The third-order valence-corrected chi connectivity index (χ3v) is 2.67. The van der Waals surface area contributed by atoms with Crippen LogP contribution in [-0.4, -0.2) is 5.78 Å². The highest BCUT2D eigenvalue weighted by atomic mass is 19.3. The van der Waals surface area contributed by atoms with Crippen molar-refractivity contribution >= 4 is 5.78 Å². The molecule has 4 heteroatoms. The van der Waals surface area contributed by atoms with E-state index < -0.39 is 6.08 Å². The molecule has 0 spiro atoms. The van der Waals surface area contributed by atoms with Crippen LogP contribution in [0.5, 0.6) is 5.75 Å². The van der Waals surface area contributed by atoms with Crippen molar-refractivity contribution in [3.8, 4) is 5.75 Å². The van der Waals surface area contributed by atoms with E-state index in [1.807, 2.05) is 30.3 Å². The lowest BCUT2D eigenvalue weighted by Crippen LogP contribution is -2.03. The molecule has 0 aliphatic rings. The largest absolute Gasteiger partial charge is 0.459 e. The first-order valence-corrected chi connectivity index (χ1v) is 6.00. The van der Waals surface area contributed by atoms with Crippen LogP contribution >= 0.6 is 0 Å². The molecule has 2 aromatic carbocycles. The summed E-state index contributed by atoms with van der Waals surface area (Å²) in [5, 5.41) is 0. The fourth-order valence-electron chi connectivity index (χ4n) is 1.72. The molecule has 2 aromatic rings. The van der Waals surface area contributed by atoms with Gasteiger partial charge in [-0.1, -0.05) is 30.3 Å². The number of hydrogen-bond donors (Lipinski definition) is 0. The molecule has 0 heterocycles. The number of halogens is 2. The Balaban J connectivity index is 2.02. The van der Waals surface area contributed by atoms with E-state index in [1.54, 1.807) is 12.1 Å². The molecule has 0 aromatic heterocycles. The molecule has 0 radical (unpaired) electrons. The zero-order chi connectivity index (χ0) is 14.4. The van der Waals surface area contributed by atoms with E-state index in [0.717, 1.165) is 5.56 Å². The summed E-state index contributed by atoms with van der Waals surface area (Å²) in [6.45, 7) is 0. The number of ketones is 1. The van der Waals surface area contributed by atoms with Gasteiger partial charge in [0.1, 0.15) is 5.75 Å².